The van der Waals surface area contributed by atoms with Crippen LogP contribution in [0.25, 0.3) is 0 Å². The van der Waals surface area contributed by atoms with Crippen LogP contribution in [0, 0.1) is 30.6 Å². The number of ether oxygens (including phenoxy) is 1. The fraction of sp³-hybridized carbons (Fsp3) is 0.268. The number of fused-ring (bicyclic) bond motifs is 4. The number of phenols is 1. The number of amides is 4. The molecule has 50 heavy (non-hydrogen) atoms. The monoisotopic (exact) mass is 667 g/mol. The summed E-state index contributed by atoms with van der Waals surface area (Å²) in [7, 11) is 0. The van der Waals surface area contributed by atoms with Crippen molar-refractivity contribution < 1.29 is 29.0 Å². The van der Waals surface area contributed by atoms with E-state index in [0.29, 0.717) is 29.1 Å². The molecule has 6 atom stereocenters. The highest BCUT2D eigenvalue weighted by molar-refractivity contribution is 6.22. The number of imide groups is 2. The molecule has 4 aliphatic rings. The van der Waals surface area contributed by atoms with E-state index >= 15 is 4.79 Å². The number of benzene rings is 4. The summed E-state index contributed by atoms with van der Waals surface area (Å²) in [6.07, 6.45) is 2.44. The lowest BCUT2D eigenvalue weighted by Crippen LogP contribution is -2.53. The molecule has 2 aliphatic heterocycles. The van der Waals surface area contributed by atoms with Gasteiger partial charge < -0.3 is 9.84 Å². The molecular formula is C41H37N3O6. The second-order valence-electron chi connectivity index (χ2n) is 13.6. The van der Waals surface area contributed by atoms with Crippen LogP contribution in [0.4, 0.5) is 11.4 Å². The van der Waals surface area contributed by atoms with Crippen LogP contribution in [0.5, 0.6) is 11.5 Å². The maximum Gasteiger partial charge on any atom is 0.260 e. The summed E-state index contributed by atoms with van der Waals surface area (Å²) in [5.74, 6) is -5.00. The highest BCUT2D eigenvalue weighted by atomic mass is 16.5. The van der Waals surface area contributed by atoms with Gasteiger partial charge in [-0.05, 0) is 68.5 Å². The molecule has 0 spiro atoms. The maximum absolute atomic E-state index is 15.3. The maximum atomic E-state index is 15.3. The van der Waals surface area contributed by atoms with Gasteiger partial charge in [0, 0.05) is 11.5 Å². The Hall–Kier alpha value is -5.70. The number of carbonyl (C=O) groups excluding carboxylic acids is 4. The molecule has 1 saturated carbocycles. The minimum absolute atomic E-state index is 0.123. The number of hydrogen-bond acceptors (Lipinski definition) is 7. The number of hydrazine groups is 1. The molecule has 0 bridgehead atoms. The van der Waals surface area contributed by atoms with Gasteiger partial charge in [-0.1, -0.05) is 90.0 Å². The number of anilines is 2. The van der Waals surface area contributed by atoms with Crippen molar-refractivity contribution in [2.75, 3.05) is 16.9 Å². The van der Waals surface area contributed by atoms with Crippen molar-refractivity contribution in [1.82, 2.24) is 5.01 Å². The fourth-order valence-corrected chi connectivity index (χ4v) is 8.97. The summed E-state index contributed by atoms with van der Waals surface area (Å²) in [4.78, 5) is 59.7. The zero-order valence-corrected chi connectivity index (χ0v) is 27.8. The van der Waals surface area contributed by atoms with Crippen molar-refractivity contribution in [1.29, 1.82) is 0 Å². The van der Waals surface area contributed by atoms with Crippen molar-refractivity contribution in [3.05, 3.63) is 131 Å². The fourth-order valence-electron chi connectivity index (χ4n) is 8.97. The molecule has 0 aromatic heterocycles. The van der Waals surface area contributed by atoms with Crippen LogP contribution in [0.2, 0.25) is 0 Å². The highest BCUT2D eigenvalue weighted by Gasteiger charge is 2.70. The third-order valence-corrected chi connectivity index (χ3v) is 11.0. The van der Waals surface area contributed by atoms with Gasteiger partial charge in [0.1, 0.15) is 0 Å². The first-order chi connectivity index (χ1) is 24.3. The van der Waals surface area contributed by atoms with E-state index in [1.54, 1.807) is 42.5 Å². The van der Waals surface area contributed by atoms with E-state index in [1.165, 1.54) is 4.90 Å². The average molecular weight is 668 g/mol. The number of nitrogens with one attached hydrogen (secondary N) is 1. The molecule has 2 aliphatic carbocycles. The van der Waals surface area contributed by atoms with Gasteiger partial charge in [0.25, 0.3) is 11.8 Å². The van der Waals surface area contributed by atoms with E-state index in [-0.39, 0.29) is 36.2 Å². The quantitative estimate of drug-likeness (QED) is 0.176. The molecule has 9 nitrogen and oxygen atoms in total. The summed E-state index contributed by atoms with van der Waals surface area (Å²) < 4.78 is 5.83. The van der Waals surface area contributed by atoms with Gasteiger partial charge in [-0.15, -0.1) is 0 Å². The van der Waals surface area contributed by atoms with E-state index in [9.17, 15) is 19.5 Å². The smallest absolute Gasteiger partial charge is 0.260 e. The van der Waals surface area contributed by atoms with Crippen LogP contribution < -0.4 is 15.1 Å². The Balaban J connectivity index is 1.34. The number of rotatable bonds is 7. The Morgan fingerprint density at radius 2 is 1.52 bits per heavy atom. The molecule has 4 aromatic rings. The summed E-state index contributed by atoms with van der Waals surface area (Å²) in [5, 5.41) is 13.0. The van der Waals surface area contributed by atoms with Crippen LogP contribution in [0.15, 0.2) is 115 Å². The van der Waals surface area contributed by atoms with E-state index < -0.39 is 46.8 Å². The molecule has 252 valence electrons. The molecule has 2 saturated heterocycles. The first-order valence-corrected chi connectivity index (χ1v) is 17.1. The lowest BCUT2D eigenvalue weighted by molar-refractivity contribution is -0.138. The second kappa shape index (κ2) is 12.0. The lowest BCUT2D eigenvalue weighted by Gasteiger charge is -2.50. The largest absolute Gasteiger partial charge is 0.504 e. The van der Waals surface area contributed by atoms with Crippen molar-refractivity contribution in [2.24, 2.45) is 23.7 Å². The molecule has 9 heteroatoms. The number of nitrogens with zero attached hydrogens (tertiary/aromatic N) is 2. The Morgan fingerprint density at radius 3 is 2.22 bits per heavy atom. The zero-order valence-electron chi connectivity index (χ0n) is 27.8. The summed E-state index contributed by atoms with van der Waals surface area (Å²) in [6.45, 7) is 4.09. The third-order valence-electron chi connectivity index (χ3n) is 11.0. The summed E-state index contributed by atoms with van der Waals surface area (Å²) in [6, 6.07) is 30.8. The first kappa shape index (κ1) is 31.6. The topological polar surface area (TPSA) is 116 Å². The lowest BCUT2D eigenvalue weighted by atomic mass is 9.49. The molecule has 3 fully saturated rings. The number of phenolic OH excluding ortho intramolecular Hbond substituents is 1. The normalized spacial score (nSPS) is 27.1. The summed E-state index contributed by atoms with van der Waals surface area (Å²) >= 11 is 0. The zero-order chi connectivity index (χ0) is 34.7. The SMILES string of the molecule is CCOc1cccc([C@H]2C3=CC[C@@H]4C(=O)N(c5ccccc5)C(=O)[C@@H]4[C@@H]3C[C@H]3C(=O)N(Nc4ccc(C)cc4)C(=O)[C@@]23c2ccccc2)c1O. The number of aromatic hydroxyl groups is 1. The van der Waals surface area contributed by atoms with Crippen molar-refractivity contribution in [3.63, 3.8) is 0 Å². The molecule has 4 aromatic carbocycles. The predicted molar refractivity (Wildman–Crippen MR) is 187 cm³/mol. The second-order valence-corrected chi connectivity index (χ2v) is 13.6. The van der Waals surface area contributed by atoms with E-state index in [4.69, 9.17) is 4.74 Å². The van der Waals surface area contributed by atoms with Gasteiger partial charge in [-0.3, -0.25) is 29.5 Å². The van der Waals surface area contributed by atoms with Gasteiger partial charge in [0.2, 0.25) is 11.8 Å². The Morgan fingerprint density at radius 1 is 0.820 bits per heavy atom. The highest BCUT2D eigenvalue weighted by Crippen LogP contribution is 2.65. The van der Waals surface area contributed by atoms with Crippen LogP contribution in [-0.2, 0) is 24.6 Å². The van der Waals surface area contributed by atoms with Crippen LogP contribution in [0.1, 0.15) is 42.4 Å². The van der Waals surface area contributed by atoms with Crippen molar-refractivity contribution in [3.8, 4) is 11.5 Å². The van der Waals surface area contributed by atoms with E-state index in [2.05, 4.69) is 5.43 Å². The molecule has 0 unspecified atom stereocenters. The van der Waals surface area contributed by atoms with E-state index in [0.717, 1.165) is 16.1 Å². The molecule has 0 radical (unpaired) electrons. The third kappa shape index (κ3) is 4.52. The first-order valence-electron chi connectivity index (χ1n) is 17.1. The minimum Gasteiger partial charge on any atom is -0.504 e. The van der Waals surface area contributed by atoms with Gasteiger partial charge >= 0.3 is 0 Å². The average Bonchev–Trinajstić information content (AvgIpc) is 3.52. The summed E-state index contributed by atoms with van der Waals surface area (Å²) in [5.41, 5.74) is 5.55. The van der Waals surface area contributed by atoms with Gasteiger partial charge in [-0.25, -0.2) is 0 Å². The Labute approximate surface area is 290 Å². The number of hydrogen-bond donors (Lipinski definition) is 2. The molecule has 4 amide bonds. The molecule has 8 rings (SSSR count). The number of para-hydroxylation sites is 2. The standard InChI is InChI=1S/C41H37N3O6/c1-3-50-33-16-10-15-30(36(33)45)35-28-21-22-29-34(39(48)43(37(29)46)27-13-8-5-9-14-27)31(28)23-32-38(47)44(42-26-19-17-24(2)18-20-26)40(49)41(32,35)25-11-6-4-7-12-25/h4-21,29,31-32,34-35,42,45H,3,22-23H2,1-2H3/t29-,31+,32-,34-,35+,41+/m0/s1. The number of carbonyl (C=O) groups is 4. The Bertz CT molecular complexity index is 2050. The van der Waals surface area contributed by atoms with Crippen LogP contribution in [-0.4, -0.2) is 40.4 Å². The molecular weight excluding hydrogens is 630 g/mol. The van der Waals surface area contributed by atoms with Gasteiger partial charge in [-0.2, -0.15) is 5.01 Å². The van der Waals surface area contributed by atoms with Crippen LogP contribution >= 0.6 is 0 Å². The van der Waals surface area contributed by atoms with E-state index in [1.807, 2.05) is 80.6 Å². The predicted octanol–water partition coefficient (Wildman–Crippen LogP) is 6.29. The van der Waals surface area contributed by atoms with Crippen LogP contribution in [0.3, 0.4) is 0 Å². The Kier molecular flexibility index (Phi) is 7.58. The van der Waals surface area contributed by atoms with Gasteiger partial charge in [0.05, 0.1) is 41.2 Å². The number of allylic oxidation sites excluding steroid dienone is 2. The molecule has 2 N–H and O–H groups in total. The number of aryl methyl sites for hydroxylation is 1. The van der Waals surface area contributed by atoms with Crippen molar-refractivity contribution >= 4 is 35.0 Å². The minimum atomic E-state index is -1.49. The van der Waals surface area contributed by atoms with Gasteiger partial charge in [0.15, 0.2) is 11.5 Å². The van der Waals surface area contributed by atoms with Crippen molar-refractivity contribution in [2.45, 2.75) is 38.0 Å². The molecule has 2 heterocycles.